The number of benzene rings is 1. The van der Waals surface area contributed by atoms with Gasteiger partial charge in [-0.25, -0.2) is 0 Å². The lowest BCUT2D eigenvalue weighted by Crippen LogP contribution is -2.41. The molecule has 4 nitrogen and oxygen atoms in total. The molecule has 2 atom stereocenters. The van der Waals surface area contributed by atoms with Crippen LogP contribution in [0, 0.1) is 11.3 Å². The number of aliphatic hydroxyl groups is 1. The van der Waals surface area contributed by atoms with Crippen molar-refractivity contribution in [2.24, 2.45) is 11.3 Å². The molecule has 0 aromatic heterocycles. The summed E-state index contributed by atoms with van der Waals surface area (Å²) in [5.41, 5.74) is 2.76. The van der Waals surface area contributed by atoms with Gasteiger partial charge in [0.05, 0.1) is 19.8 Å². The lowest BCUT2D eigenvalue weighted by atomic mass is 9.75. The molecule has 3 aliphatic rings. The summed E-state index contributed by atoms with van der Waals surface area (Å²) in [4.78, 5) is 2.48. The zero-order valence-corrected chi connectivity index (χ0v) is 12.4. The van der Waals surface area contributed by atoms with E-state index in [-0.39, 0.29) is 12.0 Å². The molecule has 21 heavy (non-hydrogen) atoms. The topological polar surface area (TPSA) is 41.9 Å². The molecule has 4 heteroatoms. The molecule has 0 aliphatic carbocycles. The third-order valence-corrected chi connectivity index (χ3v) is 5.42. The van der Waals surface area contributed by atoms with E-state index in [9.17, 15) is 5.11 Å². The summed E-state index contributed by atoms with van der Waals surface area (Å²) in [6.45, 7) is 5.69. The summed E-state index contributed by atoms with van der Waals surface area (Å²) in [5.74, 6) is 1.53. The van der Waals surface area contributed by atoms with Gasteiger partial charge >= 0.3 is 0 Å². The highest BCUT2D eigenvalue weighted by atomic mass is 16.5. The number of likely N-dealkylation sites (tertiary alicyclic amines) is 1. The van der Waals surface area contributed by atoms with E-state index in [2.05, 4.69) is 23.1 Å². The van der Waals surface area contributed by atoms with Crippen molar-refractivity contribution in [2.45, 2.75) is 19.4 Å². The third-order valence-electron chi connectivity index (χ3n) is 5.42. The van der Waals surface area contributed by atoms with E-state index >= 15 is 0 Å². The van der Waals surface area contributed by atoms with Gasteiger partial charge in [0.25, 0.3) is 0 Å². The van der Waals surface area contributed by atoms with Crippen LogP contribution in [0.25, 0.3) is 0 Å². The molecule has 114 valence electrons. The third kappa shape index (κ3) is 2.35. The van der Waals surface area contributed by atoms with Crippen molar-refractivity contribution in [3.63, 3.8) is 0 Å². The van der Waals surface area contributed by atoms with Crippen molar-refractivity contribution in [1.29, 1.82) is 0 Å². The highest BCUT2D eigenvalue weighted by Gasteiger charge is 2.47. The molecule has 0 amide bonds. The Balaban J connectivity index is 1.48. The van der Waals surface area contributed by atoms with Gasteiger partial charge in [-0.15, -0.1) is 0 Å². The standard InChI is InChI=1S/C17H23NO3/c19-12-17-4-6-20-10-15(17)9-18(11-17)8-13-1-2-16-14(7-13)3-5-21-16/h1-2,7,15,19H,3-6,8-12H2/t15-,17-/m1/s1. The van der Waals surface area contributed by atoms with Crippen LogP contribution in [-0.2, 0) is 17.7 Å². The molecule has 0 saturated carbocycles. The van der Waals surface area contributed by atoms with Crippen molar-refractivity contribution in [3.05, 3.63) is 29.3 Å². The molecular formula is C17H23NO3. The molecule has 0 spiro atoms. The predicted molar refractivity (Wildman–Crippen MR) is 79.4 cm³/mol. The zero-order valence-electron chi connectivity index (χ0n) is 12.4. The van der Waals surface area contributed by atoms with Crippen LogP contribution in [0.1, 0.15) is 17.5 Å². The van der Waals surface area contributed by atoms with E-state index in [4.69, 9.17) is 9.47 Å². The fourth-order valence-electron chi connectivity index (χ4n) is 4.13. The molecule has 0 bridgehead atoms. The largest absolute Gasteiger partial charge is 0.493 e. The fourth-order valence-corrected chi connectivity index (χ4v) is 4.13. The SMILES string of the molecule is OC[C@]12CCOC[C@H]1CN(Cc1ccc3c(c1)CCO3)C2. The number of ether oxygens (including phenoxy) is 2. The number of aliphatic hydroxyl groups excluding tert-OH is 1. The summed E-state index contributed by atoms with van der Waals surface area (Å²) < 4.78 is 11.2. The Morgan fingerprint density at radius 1 is 1.33 bits per heavy atom. The second kappa shape index (κ2) is 5.27. The van der Waals surface area contributed by atoms with E-state index in [1.807, 2.05) is 0 Å². The van der Waals surface area contributed by atoms with Crippen molar-refractivity contribution in [3.8, 4) is 5.75 Å². The van der Waals surface area contributed by atoms with Gasteiger partial charge in [-0.1, -0.05) is 12.1 Å². The Morgan fingerprint density at radius 3 is 3.14 bits per heavy atom. The Bertz CT molecular complexity index is 533. The summed E-state index contributed by atoms with van der Waals surface area (Å²) >= 11 is 0. The number of hydrogen-bond donors (Lipinski definition) is 1. The molecule has 3 heterocycles. The lowest BCUT2D eigenvalue weighted by molar-refractivity contribution is -0.0417. The van der Waals surface area contributed by atoms with Gasteiger partial charge in [-0.3, -0.25) is 4.90 Å². The smallest absolute Gasteiger partial charge is 0.122 e. The first-order valence-corrected chi connectivity index (χ1v) is 7.95. The summed E-state index contributed by atoms with van der Waals surface area (Å²) in [5, 5.41) is 9.86. The molecule has 1 aromatic carbocycles. The van der Waals surface area contributed by atoms with Crippen molar-refractivity contribution < 1.29 is 14.6 Å². The average molecular weight is 289 g/mol. The van der Waals surface area contributed by atoms with Crippen molar-refractivity contribution in [1.82, 2.24) is 4.90 Å². The van der Waals surface area contributed by atoms with Gasteiger partial charge in [0.15, 0.2) is 0 Å². The summed E-state index contributed by atoms with van der Waals surface area (Å²) in [6.07, 6.45) is 2.02. The minimum absolute atomic E-state index is 0.0675. The Kier molecular flexibility index (Phi) is 3.40. The van der Waals surface area contributed by atoms with Crippen LogP contribution in [0.4, 0.5) is 0 Å². The highest BCUT2D eigenvalue weighted by Crippen LogP contribution is 2.42. The maximum atomic E-state index is 9.86. The normalized spacial score (nSPS) is 31.8. The van der Waals surface area contributed by atoms with E-state index < -0.39 is 0 Å². The number of rotatable bonds is 3. The zero-order chi connectivity index (χ0) is 14.3. The van der Waals surface area contributed by atoms with Crippen LogP contribution in [0.3, 0.4) is 0 Å². The number of fused-ring (bicyclic) bond motifs is 2. The molecule has 4 rings (SSSR count). The van der Waals surface area contributed by atoms with Crippen LogP contribution in [0.5, 0.6) is 5.75 Å². The maximum absolute atomic E-state index is 9.86. The molecule has 0 radical (unpaired) electrons. The first-order chi connectivity index (χ1) is 10.3. The van der Waals surface area contributed by atoms with Crippen LogP contribution in [0.15, 0.2) is 18.2 Å². The monoisotopic (exact) mass is 289 g/mol. The Morgan fingerprint density at radius 2 is 2.29 bits per heavy atom. The van der Waals surface area contributed by atoms with Crippen LogP contribution in [0.2, 0.25) is 0 Å². The first-order valence-electron chi connectivity index (χ1n) is 7.95. The summed E-state index contributed by atoms with van der Waals surface area (Å²) in [6, 6.07) is 6.56. The van der Waals surface area contributed by atoms with Gasteiger partial charge < -0.3 is 14.6 Å². The van der Waals surface area contributed by atoms with Crippen LogP contribution < -0.4 is 4.74 Å². The van der Waals surface area contributed by atoms with Crippen LogP contribution in [-0.4, -0.2) is 49.5 Å². The van der Waals surface area contributed by atoms with E-state index in [0.717, 1.165) is 58.0 Å². The lowest BCUT2D eigenvalue weighted by Gasteiger charge is -2.36. The van der Waals surface area contributed by atoms with Gasteiger partial charge in [-0.2, -0.15) is 0 Å². The predicted octanol–water partition coefficient (Wildman–Crippen LogP) is 1.45. The van der Waals surface area contributed by atoms with Gasteiger partial charge in [-0.05, 0) is 23.6 Å². The quantitative estimate of drug-likeness (QED) is 0.914. The molecule has 2 fully saturated rings. The van der Waals surface area contributed by atoms with E-state index in [1.54, 1.807) is 0 Å². The molecule has 2 saturated heterocycles. The Labute approximate surface area is 125 Å². The minimum atomic E-state index is 0.0675. The molecular weight excluding hydrogens is 266 g/mol. The van der Waals surface area contributed by atoms with Crippen molar-refractivity contribution >= 4 is 0 Å². The second-order valence-corrected chi connectivity index (χ2v) is 6.75. The van der Waals surface area contributed by atoms with Gasteiger partial charge in [0.2, 0.25) is 0 Å². The van der Waals surface area contributed by atoms with Gasteiger partial charge in [0.1, 0.15) is 5.75 Å². The molecule has 1 N–H and O–H groups in total. The van der Waals surface area contributed by atoms with Gasteiger partial charge in [0, 0.05) is 44.0 Å². The minimum Gasteiger partial charge on any atom is -0.493 e. The van der Waals surface area contributed by atoms with E-state index in [1.165, 1.54) is 11.1 Å². The first kappa shape index (κ1) is 13.6. The maximum Gasteiger partial charge on any atom is 0.122 e. The second-order valence-electron chi connectivity index (χ2n) is 6.75. The highest BCUT2D eigenvalue weighted by molar-refractivity contribution is 5.39. The number of nitrogens with zero attached hydrogens (tertiary/aromatic N) is 1. The van der Waals surface area contributed by atoms with E-state index in [0.29, 0.717) is 5.92 Å². The molecule has 0 unspecified atom stereocenters. The van der Waals surface area contributed by atoms with Crippen LogP contribution >= 0.6 is 0 Å². The number of hydrogen-bond acceptors (Lipinski definition) is 4. The average Bonchev–Trinajstić information content (AvgIpc) is 3.10. The Hall–Kier alpha value is -1.10. The van der Waals surface area contributed by atoms with Crippen molar-refractivity contribution in [2.75, 3.05) is 39.5 Å². The molecule has 3 aliphatic heterocycles. The summed E-state index contributed by atoms with van der Waals surface area (Å²) in [7, 11) is 0. The molecule has 1 aromatic rings. The fraction of sp³-hybridized carbons (Fsp3) is 0.647.